The molecule has 0 saturated carbocycles. The number of allylic oxidation sites excluding steroid dienone is 1. The second kappa shape index (κ2) is 6.72. The van der Waals surface area contributed by atoms with Crippen molar-refractivity contribution < 1.29 is 13.9 Å². The number of pyridine rings is 1. The van der Waals surface area contributed by atoms with E-state index in [2.05, 4.69) is 4.98 Å². The predicted molar refractivity (Wildman–Crippen MR) is 93.5 cm³/mol. The summed E-state index contributed by atoms with van der Waals surface area (Å²) >= 11 is 0. The molecule has 1 aromatic rings. The van der Waals surface area contributed by atoms with Crippen molar-refractivity contribution in [2.24, 2.45) is 11.6 Å². The van der Waals surface area contributed by atoms with Crippen LogP contribution >= 0.6 is 0 Å². The normalized spacial score (nSPS) is 17.7. The number of amides is 1. The van der Waals surface area contributed by atoms with Crippen molar-refractivity contribution in [3.8, 4) is 0 Å². The molecule has 0 aliphatic carbocycles. The number of hydrogen-bond acceptors (Lipinski definition) is 6. The fraction of sp³-hybridized carbons (Fsp3) is 0.412. The van der Waals surface area contributed by atoms with Crippen LogP contribution in [0.25, 0.3) is 0 Å². The minimum atomic E-state index is -0.612. The van der Waals surface area contributed by atoms with E-state index in [-0.39, 0.29) is 0 Å². The maximum atomic E-state index is 13.4. The molecule has 0 radical (unpaired) electrons. The number of hydrazine groups is 1. The van der Waals surface area contributed by atoms with Gasteiger partial charge in [-0.05, 0) is 52.3 Å². The van der Waals surface area contributed by atoms with Crippen molar-refractivity contribution in [2.45, 2.75) is 46.3 Å². The summed E-state index contributed by atoms with van der Waals surface area (Å²) in [6, 6.07) is 1.07. The van der Waals surface area contributed by atoms with Gasteiger partial charge in [0.25, 0.3) is 0 Å². The van der Waals surface area contributed by atoms with Gasteiger partial charge in [0.15, 0.2) is 0 Å². The van der Waals surface area contributed by atoms with Crippen molar-refractivity contribution in [3.05, 3.63) is 47.3 Å². The van der Waals surface area contributed by atoms with Gasteiger partial charge in [-0.2, -0.15) is 0 Å². The maximum absolute atomic E-state index is 13.4. The molecule has 1 aliphatic rings. The van der Waals surface area contributed by atoms with Gasteiger partial charge in [0.05, 0.1) is 23.6 Å². The summed E-state index contributed by atoms with van der Waals surface area (Å²) in [6.45, 7) is 8.75. The number of aromatic nitrogens is 1. The molecule has 7 nitrogen and oxygen atoms in total. The van der Waals surface area contributed by atoms with Crippen LogP contribution in [0, 0.1) is 12.7 Å². The molecule has 2 rings (SSSR count). The van der Waals surface area contributed by atoms with Gasteiger partial charge in [0.1, 0.15) is 17.2 Å². The van der Waals surface area contributed by atoms with E-state index in [1.54, 1.807) is 46.9 Å². The van der Waals surface area contributed by atoms with E-state index < -0.39 is 23.6 Å². The lowest BCUT2D eigenvalue weighted by Crippen LogP contribution is -2.45. The van der Waals surface area contributed by atoms with Crippen molar-refractivity contribution in [1.29, 1.82) is 0 Å². The zero-order valence-electron chi connectivity index (χ0n) is 15.1. The summed E-state index contributed by atoms with van der Waals surface area (Å²) in [4.78, 5) is 17.6. The second-order valence-corrected chi connectivity index (χ2v) is 6.88. The summed E-state index contributed by atoms with van der Waals surface area (Å²) in [6.07, 6.45) is 3.75. The quantitative estimate of drug-likeness (QED) is 0.629. The highest BCUT2D eigenvalue weighted by Crippen LogP contribution is 2.25. The fourth-order valence-corrected chi connectivity index (χ4v) is 2.27. The van der Waals surface area contributed by atoms with E-state index in [0.717, 1.165) is 6.20 Å². The topological polar surface area (TPSA) is 97.7 Å². The number of carbonyl (C=O) groups excluding carboxylic acids is 1. The van der Waals surface area contributed by atoms with Crippen LogP contribution in [0.3, 0.4) is 0 Å². The monoisotopic (exact) mass is 349 g/mol. The van der Waals surface area contributed by atoms with Crippen molar-refractivity contribution >= 4 is 11.9 Å². The molecule has 1 unspecified atom stereocenters. The highest BCUT2D eigenvalue weighted by molar-refractivity contribution is 5.71. The molecule has 0 saturated heterocycles. The standard InChI is InChI=1S/C17H24FN5O2/c1-10-8-14(21-9-12(10)18)23(20)13-6-7-22(11(2)15(13)19)16(24)25-17(3,4)5/h6-9,11H,19-20H2,1-5H3. The van der Waals surface area contributed by atoms with Gasteiger partial charge in [0.2, 0.25) is 0 Å². The Morgan fingerprint density at radius 1 is 1.44 bits per heavy atom. The van der Waals surface area contributed by atoms with Gasteiger partial charge in [-0.1, -0.05) is 0 Å². The van der Waals surface area contributed by atoms with E-state index in [1.165, 1.54) is 16.0 Å². The number of aryl methyl sites for hydroxylation is 1. The number of nitrogens with zero attached hydrogens (tertiary/aromatic N) is 3. The first kappa shape index (κ1) is 18.7. The molecule has 8 heteroatoms. The number of hydrogen-bond donors (Lipinski definition) is 2. The van der Waals surface area contributed by atoms with E-state index in [1.807, 2.05) is 0 Å². The third-order valence-corrected chi connectivity index (χ3v) is 3.70. The lowest BCUT2D eigenvalue weighted by molar-refractivity contribution is 0.0296. The van der Waals surface area contributed by atoms with Crippen LogP contribution < -0.4 is 16.6 Å². The molecule has 1 atom stereocenters. The lowest BCUT2D eigenvalue weighted by atomic mass is 10.1. The Morgan fingerprint density at radius 2 is 2.08 bits per heavy atom. The van der Waals surface area contributed by atoms with Gasteiger partial charge < -0.3 is 10.5 Å². The Kier molecular flexibility index (Phi) is 5.03. The second-order valence-electron chi connectivity index (χ2n) is 6.88. The fourth-order valence-electron chi connectivity index (χ4n) is 2.27. The summed E-state index contributed by atoms with van der Waals surface area (Å²) in [7, 11) is 0. The van der Waals surface area contributed by atoms with Crippen LogP contribution in [0.15, 0.2) is 35.9 Å². The number of rotatable bonds is 2. The van der Waals surface area contributed by atoms with Crippen LogP contribution in [0.5, 0.6) is 0 Å². The van der Waals surface area contributed by atoms with Crippen molar-refractivity contribution in [2.75, 3.05) is 5.01 Å². The average molecular weight is 349 g/mol. The molecule has 0 fully saturated rings. The van der Waals surface area contributed by atoms with Gasteiger partial charge in [-0.25, -0.2) is 20.0 Å². The first-order chi connectivity index (χ1) is 11.5. The minimum absolute atomic E-state index is 0.347. The zero-order chi connectivity index (χ0) is 18.9. The molecule has 0 bridgehead atoms. The molecule has 136 valence electrons. The highest BCUT2D eigenvalue weighted by atomic mass is 19.1. The van der Waals surface area contributed by atoms with Crippen molar-refractivity contribution in [1.82, 2.24) is 9.88 Å². The van der Waals surface area contributed by atoms with E-state index in [9.17, 15) is 9.18 Å². The summed E-state index contributed by atoms with van der Waals surface area (Å²) in [5.74, 6) is 6.02. The van der Waals surface area contributed by atoms with Crippen LogP contribution in [0.4, 0.5) is 15.0 Å². The number of ether oxygens (including phenoxy) is 1. The van der Waals surface area contributed by atoms with Gasteiger partial charge in [-0.15, -0.1) is 0 Å². The zero-order valence-corrected chi connectivity index (χ0v) is 15.1. The smallest absolute Gasteiger partial charge is 0.414 e. The molecule has 0 spiro atoms. The number of carbonyl (C=O) groups is 1. The van der Waals surface area contributed by atoms with Crippen LogP contribution in [0.2, 0.25) is 0 Å². The summed E-state index contributed by atoms with van der Waals surface area (Å²) in [5, 5.41) is 1.27. The summed E-state index contributed by atoms with van der Waals surface area (Å²) < 4.78 is 18.8. The molecule has 1 amide bonds. The molecular formula is C17H24FN5O2. The molecule has 1 aromatic heterocycles. The Hall–Kier alpha value is -2.61. The molecule has 1 aliphatic heterocycles. The Labute approximate surface area is 146 Å². The van der Waals surface area contributed by atoms with Gasteiger partial charge >= 0.3 is 6.09 Å². The molecule has 0 aromatic carbocycles. The Balaban J connectivity index is 2.25. The van der Waals surface area contributed by atoms with Gasteiger partial charge in [-0.3, -0.25) is 9.91 Å². The maximum Gasteiger partial charge on any atom is 0.414 e. The van der Waals surface area contributed by atoms with Crippen LogP contribution in [-0.2, 0) is 4.74 Å². The first-order valence-corrected chi connectivity index (χ1v) is 7.87. The molecule has 2 heterocycles. The minimum Gasteiger partial charge on any atom is -0.443 e. The SMILES string of the molecule is Cc1cc(N(N)C2=C(N)C(C)N(C(=O)OC(C)(C)C)C=C2)ncc1F. The van der Waals surface area contributed by atoms with Crippen LogP contribution in [-0.4, -0.2) is 27.6 Å². The average Bonchev–Trinajstić information content (AvgIpc) is 2.50. The van der Waals surface area contributed by atoms with E-state index in [0.29, 0.717) is 22.8 Å². The molecule has 25 heavy (non-hydrogen) atoms. The van der Waals surface area contributed by atoms with Crippen LogP contribution in [0.1, 0.15) is 33.3 Å². The number of nitrogens with two attached hydrogens (primary N) is 2. The number of anilines is 1. The van der Waals surface area contributed by atoms with E-state index in [4.69, 9.17) is 16.3 Å². The highest BCUT2D eigenvalue weighted by Gasteiger charge is 2.30. The predicted octanol–water partition coefficient (Wildman–Crippen LogP) is 2.53. The largest absolute Gasteiger partial charge is 0.443 e. The Morgan fingerprint density at radius 3 is 2.64 bits per heavy atom. The van der Waals surface area contributed by atoms with E-state index >= 15 is 0 Å². The molecular weight excluding hydrogens is 325 g/mol. The van der Waals surface area contributed by atoms with Crippen molar-refractivity contribution in [3.63, 3.8) is 0 Å². The first-order valence-electron chi connectivity index (χ1n) is 7.87. The third-order valence-electron chi connectivity index (χ3n) is 3.70. The third kappa shape index (κ3) is 4.08. The number of halogens is 1. The Bertz CT molecular complexity index is 739. The summed E-state index contributed by atoms with van der Waals surface area (Å²) in [5.41, 5.74) is 6.84. The molecule has 4 N–H and O–H groups in total. The van der Waals surface area contributed by atoms with Gasteiger partial charge in [0, 0.05) is 6.20 Å². The lowest BCUT2D eigenvalue weighted by Gasteiger charge is -2.34.